The number of nitrogens with one attached hydrogen (secondary N) is 1. The first-order valence-electron chi connectivity index (χ1n) is 7.28. The lowest BCUT2D eigenvalue weighted by Crippen LogP contribution is -2.40. The van der Waals surface area contributed by atoms with Crippen molar-refractivity contribution in [2.75, 3.05) is 20.1 Å². The van der Waals surface area contributed by atoms with Crippen molar-refractivity contribution in [1.82, 2.24) is 25.0 Å². The molecule has 120 valence electrons. The smallest absolute Gasteiger partial charge is 0.138 e. The number of aromatic nitrogens is 3. The van der Waals surface area contributed by atoms with Gasteiger partial charge in [-0.15, -0.1) is 12.4 Å². The van der Waals surface area contributed by atoms with Crippen molar-refractivity contribution in [2.24, 2.45) is 0 Å². The summed E-state index contributed by atoms with van der Waals surface area (Å²) < 4.78 is 1.78. The van der Waals surface area contributed by atoms with E-state index < -0.39 is 0 Å². The fourth-order valence-electron chi connectivity index (χ4n) is 2.86. The van der Waals surface area contributed by atoms with Crippen LogP contribution in [0.2, 0.25) is 5.02 Å². The third-order valence-corrected chi connectivity index (χ3v) is 4.30. The number of hydrogen-bond donors (Lipinski definition) is 1. The Balaban J connectivity index is 0.00000176. The van der Waals surface area contributed by atoms with Crippen molar-refractivity contribution in [3.8, 4) is 5.69 Å². The van der Waals surface area contributed by atoms with Gasteiger partial charge in [0.25, 0.3) is 0 Å². The molecule has 1 aromatic carbocycles. The summed E-state index contributed by atoms with van der Waals surface area (Å²) in [6.45, 7) is 3.09. The van der Waals surface area contributed by atoms with Crippen molar-refractivity contribution in [2.45, 2.75) is 25.4 Å². The molecule has 0 saturated carbocycles. The number of piperidine rings is 1. The van der Waals surface area contributed by atoms with Crippen LogP contribution in [0, 0.1) is 0 Å². The molecule has 5 nitrogen and oxygen atoms in total. The van der Waals surface area contributed by atoms with Crippen LogP contribution in [0.25, 0.3) is 5.69 Å². The zero-order valence-corrected chi connectivity index (χ0v) is 14.1. The molecular weight excluding hydrogens is 321 g/mol. The number of hydrogen-bond acceptors (Lipinski definition) is 4. The van der Waals surface area contributed by atoms with Crippen LogP contribution in [0.4, 0.5) is 0 Å². The molecule has 1 saturated heterocycles. The molecule has 0 bridgehead atoms. The summed E-state index contributed by atoms with van der Waals surface area (Å²) >= 11 is 6.14. The topological polar surface area (TPSA) is 46.0 Å². The van der Waals surface area contributed by atoms with Gasteiger partial charge in [-0.1, -0.05) is 17.7 Å². The molecule has 2 heterocycles. The predicted molar refractivity (Wildman–Crippen MR) is 91.0 cm³/mol. The summed E-state index contributed by atoms with van der Waals surface area (Å²) in [6.07, 6.45) is 5.65. The molecule has 1 aliphatic rings. The summed E-state index contributed by atoms with van der Waals surface area (Å²) in [7, 11) is 2.19. The van der Waals surface area contributed by atoms with Gasteiger partial charge in [-0.2, -0.15) is 5.10 Å². The number of rotatable bonds is 4. The van der Waals surface area contributed by atoms with Gasteiger partial charge in [0.05, 0.1) is 5.69 Å². The molecule has 0 amide bonds. The first-order chi connectivity index (χ1) is 10.2. The number of benzene rings is 1. The van der Waals surface area contributed by atoms with Crippen LogP contribution in [-0.2, 0) is 6.54 Å². The summed E-state index contributed by atoms with van der Waals surface area (Å²) in [5.74, 6) is 0. The number of halogens is 2. The van der Waals surface area contributed by atoms with Gasteiger partial charge in [0, 0.05) is 17.6 Å². The van der Waals surface area contributed by atoms with E-state index in [1.165, 1.54) is 18.4 Å². The van der Waals surface area contributed by atoms with Crippen LogP contribution >= 0.6 is 24.0 Å². The second-order valence-electron chi connectivity index (χ2n) is 5.51. The average molecular weight is 342 g/mol. The van der Waals surface area contributed by atoms with Gasteiger partial charge in [-0.3, -0.25) is 4.90 Å². The Morgan fingerprint density at radius 3 is 2.82 bits per heavy atom. The molecule has 22 heavy (non-hydrogen) atoms. The third-order valence-electron chi connectivity index (χ3n) is 4.06. The van der Waals surface area contributed by atoms with Crippen molar-refractivity contribution >= 4 is 24.0 Å². The highest BCUT2D eigenvalue weighted by Crippen LogP contribution is 2.22. The van der Waals surface area contributed by atoms with Gasteiger partial charge in [0.15, 0.2) is 0 Å². The summed E-state index contributed by atoms with van der Waals surface area (Å²) in [5.41, 5.74) is 2.21. The van der Waals surface area contributed by atoms with Crippen LogP contribution in [0.5, 0.6) is 0 Å². The molecule has 1 aliphatic heterocycles. The van der Waals surface area contributed by atoms with Gasteiger partial charge in [0.1, 0.15) is 12.7 Å². The fourth-order valence-corrected chi connectivity index (χ4v) is 3.03. The van der Waals surface area contributed by atoms with Crippen molar-refractivity contribution < 1.29 is 0 Å². The third kappa shape index (κ3) is 3.98. The Labute approximate surface area is 142 Å². The van der Waals surface area contributed by atoms with E-state index in [9.17, 15) is 0 Å². The van der Waals surface area contributed by atoms with Gasteiger partial charge in [0.2, 0.25) is 0 Å². The van der Waals surface area contributed by atoms with Crippen LogP contribution in [0.1, 0.15) is 18.4 Å². The molecule has 1 fully saturated rings. The van der Waals surface area contributed by atoms with Crippen LogP contribution in [0.3, 0.4) is 0 Å². The summed E-state index contributed by atoms with van der Waals surface area (Å²) in [4.78, 5) is 6.45. The quantitative estimate of drug-likeness (QED) is 0.928. The lowest BCUT2D eigenvalue weighted by molar-refractivity contribution is 0.191. The van der Waals surface area contributed by atoms with E-state index in [1.54, 1.807) is 17.3 Å². The lowest BCUT2D eigenvalue weighted by Gasteiger charge is -2.32. The Bertz CT molecular complexity index is 582. The highest BCUT2D eigenvalue weighted by atomic mass is 35.5. The molecule has 0 aliphatic carbocycles. The zero-order chi connectivity index (χ0) is 14.7. The van der Waals surface area contributed by atoms with E-state index in [4.69, 9.17) is 11.6 Å². The second-order valence-corrected chi connectivity index (χ2v) is 5.95. The maximum atomic E-state index is 6.14. The molecule has 7 heteroatoms. The van der Waals surface area contributed by atoms with Gasteiger partial charge >= 0.3 is 0 Å². The van der Waals surface area contributed by atoms with Crippen molar-refractivity contribution in [1.29, 1.82) is 0 Å². The van der Waals surface area contributed by atoms with E-state index in [0.717, 1.165) is 25.3 Å². The van der Waals surface area contributed by atoms with Crippen LogP contribution in [-0.4, -0.2) is 45.8 Å². The van der Waals surface area contributed by atoms with Gasteiger partial charge < -0.3 is 5.32 Å². The molecule has 0 unspecified atom stereocenters. The monoisotopic (exact) mass is 341 g/mol. The first kappa shape index (κ1) is 17.2. The molecule has 3 rings (SSSR count). The summed E-state index contributed by atoms with van der Waals surface area (Å²) in [6, 6.07) is 6.59. The molecular formula is C15H21Cl2N5. The van der Waals surface area contributed by atoms with Crippen molar-refractivity contribution in [3.05, 3.63) is 41.4 Å². The predicted octanol–water partition coefficient (Wildman–Crippen LogP) is 2.53. The van der Waals surface area contributed by atoms with Crippen molar-refractivity contribution in [3.63, 3.8) is 0 Å². The Morgan fingerprint density at radius 1 is 1.36 bits per heavy atom. The minimum Gasteiger partial charge on any atom is -0.317 e. The Hall–Kier alpha value is -1.14. The van der Waals surface area contributed by atoms with Gasteiger partial charge in [-0.25, -0.2) is 9.67 Å². The fraction of sp³-hybridized carbons (Fsp3) is 0.467. The van der Waals surface area contributed by atoms with E-state index in [0.29, 0.717) is 11.1 Å². The standard InChI is InChI=1S/C15H20ClN5.ClH/c1-20(14-4-6-17-7-5-14)9-12-2-3-13(16)8-15(12)21-11-18-10-19-21;/h2-3,8,10-11,14,17H,4-7,9H2,1H3;1H. The maximum Gasteiger partial charge on any atom is 0.138 e. The molecule has 0 radical (unpaired) electrons. The van der Waals surface area contributed by atoms with Crippen LogP contribution in [0.15, 0.2) is 30.9 Å². The maximum absolute atomic E-state index is 6.14. The normalized spacial score (nSPS) is 15.8. The average Bonchev–Trinajstić information content (AvgIpc) is 3.04. The lowest BCUT2D eigenvalue weighted by atomic mass is 10.0. The zero-order valence-electron chi connectivity index (χ0n) is 12.6. The second kappa shape index (κ2) is 7.92. The van der Waals surface area contributed by atoms with E-state index in [2.05, 4.69) is 33.4 Å². The van der Waals surface area contributed by atoms with Gasteiger partial charge in [-0.05, 0) is 50.7 Å². The Kier molecular flexibility index (Phi) is 6.20. The van der Waals surface area contributed by atoms with E-state index in [1.807, 2.05) is 12.1 Å². The minimum atomic E-state index is 0. The molecule has 0 atom stereocenters. The SMILES string of the molecule is CN(Cc1ccc(Cl)cc1-n1cncn1)C1CCNCC1.Cl. The first-order valence-corrected chi connectivity index (χ1v) is 7.66. The largest absolute Gasteiger partial charge is 0.317 e. The summed E-state index contributed by atoms with van der Waals surface area (Å²) in [5, 5.41) is 8.35. The van der Waals surface area contributed by atoms with E-state index in [-0.39, 0.29) is 12.4 Å². The molecule has 0 spiro atoms. The molecule has 2 aromatic rings. The highest BCUT2D eigenvalue weighted by Gasteiger charge is 2.19. The highest BCUT2D eigenvalue weighted by molar-refractivity contribution is 6.30. The van der Waals surface area contributed by atoms with Crippen LogP contribution < -0.4 is 5.32 Å². The van der Waals surface area contributed by atoms with E-state index >= 15 is 0 Å². The minimum absolute atomic E-state index is 0. The molecule has 1 aromatic heterocycles. The molecule has 1 N–H and O–H groups in total. The Morgan fingerprint density at radius 2 is 2.14 bits per heavy atom. The number of nitrogens with zero attached hydrogens (tertiary/aromatic N) is 4.